The lowest BCUT2D eigenvalue weighted by molar-refractivity contribution is 0.102. The first-order chi connectivity index (χ1) is 8.56. The Labute approximate surface area is 105 Å². The molecule has 18 heavy (non-hydrogen) atoms. The fourth-order valence-electron chi connectivity index (χ4n) is 1.63. The van der Waals surface area contributed by atoms with E-state index < -0.39 is 0 Å². The minimum Gasteiger partial charge on any atom is -0.322 e. The fraction of sp³-hybridized carbons (Fsp3) is 0.133. The Morgan fingerprint density at radius 3 is 2.33 bits per heavy atom. The number of carbonyl (C=O) groups excluding carboxylic acids is 1. The second kappa shape index (κ2) is 5.00. The third-order valence-corrected chi connectivity index (χ3v) is 2.73. The predicted octanol–water partition coefficient (Wildman–Crippen LogP) is 3.69. The van der Waals surface area contributed by atoms with Crippen LogP contribution in [0.4, 0.5) is 10.1 Å². The molecule has 92 valence electrons. The maximum absolute atomic E-state index is 13.1. The van der Waals surface area contributed by atoms with Crippen molar-refractivity contribution in [2.24, 2.45) is 0 Å². The second-order valence-electron chi connectivity index (χ2n) is 4.28. The van der Waals surface area contributed by atoms with Crippen LogP contribution in [0, 0.1) is 19.7 Å². The number of carbonyl (C=O) groups is 1. The SMILES string of the molecule is Cc1ccc(C(=O)Nc2ccc(F)c(C)c2)cc1. The number of anilines is 1. The summed E-state index contributed by atoms with van der Waals surface area (Å²) in [5, 5.41) is 2.74. The van der Waals surface area contributed by atoms with Gasteiger partial charge in [0.25, 0.3) is 5.91 Å². The fourth-order valence-corrected chi connectivity index (χ4v) is 1.63. The van der Waals surface area contributed by atoms with Crippen LogP contribution in [-0.4, -0.2) is 5.91 Å². The molecule has 0 saturated carbocycles. The highest BCUT2D eigenvalue weighted by Gasteiger charge is 2.06. The molecule has 2 aromatic rings. The zero-order valence-electron chi connectivity index (χ0n) is 10.3. The van der Waals surface area contributed by atoms with Crippen molar-refractivity contribution in [1.29, 1.82) is 0 Å². The van der Waals surface area contributed by atoms with Gasteiger partial charge in [-0.1, -0.05) is 17.7 Å². The lowest BCUT2D eigenvalue weighted by Crippen LogP contribution is -2.11. The van der Waals surface area contributed by atoms with Crippen molar-refractivity contribution in [3.8, 4) is 0 Å². The van der Waals surface area contributed by atoms with Gasteiger partial charge >= 0.3 is 0 Å². The summed E-state index contributed by atoms with van der Waals surface area (Å²) in [6.45, 7) is 3.63. The number of halogens is 1. The van der Waals surface area contributed by atoms with Gasteiger partial charge in [-0.15, -0.1) is 0 Å². The van der Waals surface area contributed by atoms with E-state index in [1.54, 1.807) is 31.2 Å². The number of rotatable bonds is 2. The van der Waals surface area contributed by atoms with Crippen molar-refractivity contribution < 1.29 is 9.18 Å². The van der Waals surface area contributed by atoms with Gasteiger partial charge in [0.15, 0.2) is 0 Å². The van der Waals surface area contributed by atoms with Gasteiger partial charge in [-0.05, 0) is 49.7 Å². The number of aryl methyl sites for hydroxylation is 2. The molecule has 2 rings (SSSR count). The molecule has 0 aliphatic rings. The van der Waals surface area contributed by atoms with Gasteiger partial charge in [0.05, 0.1) is 0 Å². The minimum absolute atomic E-state index is 0.194. The van der Waals surface area contributed by atoms with Crippen LogP contribution >= 0.6 is 0 Å². The summed E-state index contributed by atoms with van der Waals surface area (Å²) in [5.41, 5.74) is 2.79. The van der Waals surface area contributed by atoms with E-state index in [2.05, 4.69) is 5.32 Å². The van der Waals surface area contributed by atoms with Gasteiger partial charge in [0, 0.05) is 11.3 Å². The van der Waals surface area contributed by atoms with Crippen LogP contribution in [0.3, 0.4) is 0 Å². The van der Waals surface area contributed by atoms with E-state index >= 15 is 0 Å². The van der Waals surface area contributed by atoms with Crippen LogP contribution in [0.5, 0.6) is 0 Å². The zero-order chi connectivity index (χ0) is 13.1. The summed E-state index contributed by atoms with van der Waals surface area (Å²) in [7, 11) is 0. The summed E-state index contributed by atoms with van der Waals surface area (Å²) in [5.74, 6) is -0.468. The van der Waals surface area contributed by atoms with E-state index in [4.69, 9.17) is 0 Å². The number of hydrogen-bond donors (Lipinski definition) is 1. The third-order valence-electron chi connectivity index (χ3n) is 2.73. The predicted molar refractivity (Wildman–Crippen MR) is 70.3 cm³/mol. The molecule has 0 aliphatic heterocycles. The first-order valence-corrected chi connectivity index (χ1v) is 5.70. The normalized spacial score (nSPS) is 10.2. The molecule has 0 fully saturated rings. The monoisotopic (exact) mass is 243 g/mol. The molecule has 0 unspecified atom stereocenters. The van der Waals surface area contributed by atoms with Gasteiger partial charge in [-0.2, -0.15) is 0 Å². The minimum atomic E-state index is -0.275. The van der Waals surface area contributed by atoms with E-state index in [1.165, 1.54) is 6.07 Å². The summed E-state index contributed by atoms with van der Waals surface area (Å²) in [6, 6.07) is 11.8. The summed E-state index contributed by atoms with van der Waals surface area (Å²) < 4.78 is 13.1. The molecule has 0 aliphatic carbocycles. The van der Waals surface area contributed by atoms with Crippen molar-refractivity contribution in [2.75, 3.05) is 5.32 Å². The van der Waals surface area contributed by atoms with Crippen LogP contribution in [0.15, 0.2) is 42.5 Å². The third kappa shape index (κ3) is 2.74. The Morgan fingerprint density at radius 1 is 1.06 bits per heavy atom. The van der Waals surface area contributed by atoms with Crippen LogP contribution < -0.4 is 5.32 Å². The van der Waals surface area contributed by atoms with Gasteiger partial charge in [0.1, 0.15) is 5.82 Å². The first kappa shape index (κ1) is 12.3. The molecule has 0 spiro atoms. The molecular weight excluding hydrogens is 229 g/mol. The zero-order valence-corrected chi connectivity index (χ0v) is 10.3. The van der Waals surface area contributed by atoms with Crippen molar-refractivity contribution in [1.82, 2.24) is 0 Å². The molecule has 0 atom stereocenters. The van der Waals surface area contributed by atoms with E-state index in [1.807, 2.05) is 19.1 Å². The molecule has 0 aromatic heterocycles. The average Bonchev–Trinajstić information content (AvgIpc) is 2.34. The molecule has 0 radical (unpaired) electrons. The lowest BCUT2D eigenvalue weighted by Gasteiger charge is -2.06. The van der Waals surface area contributed by atoms with Crippen LogP contribution in [-0.2, 0) is 0 Å². The van der Waals surface area contributed by atoms with Gasteiger partial charge < -0.3 is 5.32 Å². The van der Waals surface area contributed by atoms with Crippen molar-refractivity contribution in [3.63, 3.8) is 0 Å². The Bertz CT molecular complexity index is 576. The smallest absolute Gasteiger partial charge is 0.255 e. The lowest BCUT2D eigenvalue weighted by atomic mass is 10.1. The van der Waals surface area contributed by atoms with Crippen molar-refractivity contribution in [2.45, 2.75) is 13.8 Å². The highest BCUT2D eigenvalue weighted by atomic mass is 19.1. The number of nitrogens with one attached hydrogen (secondary N) is 1. The Balaban J connectivity index is 2.16. The molecule has 1 amide bonds. The Hall–Kier alpha value is -2.16. The molecule has 2 nitrogen and oxygen atoms in total. The molecule has 0 heterocycles. The second-order valence-corrected chi connectivity index (χ2v) is 4.28. The van der Waals surface area contributed by atoms with Crippen molar-refractivity contribution in [3.05, 3.63) is 65.0 Å². The average molecular weight is 243 g/mol. The first-order valence-electron chi connectivity index (χ1n) is 5.70. The van der Waals surface area contributed by atoms with Crippen LogP contribution in [0.2, 0.25) is 0 Å². The quantitative estimate of drug-likeness (QED) is 0.856. The topological polar surface area (TPSA) is 29.1 Å². The van der Waals surface area contributed by atoms with E-state index in [-0.39, 0.29) is 11.7 Å². The van der Waals surface area contributed by atoms with Gasteiger partial charge in [-0.25, -0.2) is 4.39 Å². The van der Waals surface area contributed by atoms with Gasteiger partial charge in [0.2, 0.25) is 0 Å². The van der Waals surface area contributed by atoms with Crippen LogP contribution in [0.25, 0.3) is 0 Å². The van der Waals surface area contributed by atoms with E-state index in [9.17, 15) is 9.18 Å². The maximum Gasteiger partial charge on any atom is 0.255 e. The molecular formula is C15H14FNO. The Kier molecular flexibility index (Phi) is 3.42. The molecule has 3 heteroatoms. The molecule has 0 saturated heterocycles. The van der Waals surface area contributed by atoms with Crippen molar-refractivity contribution >= 4 is 11.6 Å². The number of benzene rings is 2. The van der Waals surface area contributed by atoms with E-state index in [0.717, 1.165) is 5.56 Å². The summed E-state index contributed by atoms with van der Waals surface area (Å²) >= 11 is 0. The molecule has 2 aromatic carbocycles. The summed E-state index contributed by atoms with van der Waals surface area (Å²) in [6.07, 6.45) is 0. The highest BCUT2D eigenvalue weighted by molar-refractivity contribution is 6.04. The number of amides is 1. The summed E-state index contributed by atoms with van der Waals surface area (Å²) in [4.78, 5) is 11.9. The highest BCUT2D eigenvalue weighted by Crippen LogP contribution is 2.15. The largest absolute Gasteiger partial charge is 0.322 e. The number of hydrogen-bond acceptors (Lipinski definition) is 1. The standard InChI is InChI=1S/C15H14FNO/c1-10-3-5-12(6-4-10)15(18)17-13-7-8-14(16)11(2)9-13/h3-9H,1-2H3,(H,17,18). The maximum atomic E-state index is 13.1. The molecule has 0 bridgehead atoms. The van der Waals surface area contributed by atoms with E-state index in [0.29, 0.717) is 16.8 Å². The van der Waals surface area contributed by atoms with Crippen LogP contribution in [0.1, 0.15) is 21.5 Å². The van der Waals surface area contributed by atoms with Gasteiger partial charge in [-0.3, -0.25) is 4.79 Å². The molecule has 1 N–H and O–H groups in total. The Morgan fingerprint density at radius 2 is 1.72 bits per heavy atom.